The molecule has 0 heterocycles. The highest BCUT2D eigenvalue weighted by Crippen LogP contribution is 2.26. The van der Waals surface area contributed by atoms with Crippen molar-refractivity contribution in [1.82, 2.24) is 4.31 Å². The zero-order valence-electron chi connectivity index (χ0n) is 10.3. The fourth-order valence-electron chi connectivity index (χ4n) is 1.49. The van der Waals surface area contributed by atoms with Gasteiger partial charge in [0.15, 0.2) is 0 Å². The van der Waals surface area contributed by atoms with Crippen molar-refractivity contribution in [1.29, 1.82) is 0 Å². The van der Waals surface area contributed by atoms with Crippen molar-refractivity contribution in [3.63, 3.8) is 0 Å². The summed E-state index contributed by atoms with van der Waals surface area (Å²) in [5.74, 6) is 0. The summed E-state index contributed by atoms with van der Waals surface area (Å²) < 4.78 is 26.1. The van der Waals surface area contributed by atoms with Crippen LogP contribution in [0, 0.1) is 0 Å². The first-order valence-corrected chi connectivity index (χ1v) is 8.13. The van der Waals surface area contributed by atoms with Gasteiger partial charge in [0.1, 0.15) is 0 Å². The van der Waals surface area contributed by atoms with Crippen LogP contribution in [-0.4, -0.2) is 30.8 Å². The number of halogens is 2. The van der Waals surface area contributed by atoms with Gasteiger partial charge >= 0.3 is 0 Å². The first kappa shape index (κ1) is 16.7. The van der Waals surface area contributed by atoms with Crippen LogP contribution in [0.2, 0.25) is 10.0 Å². The topological polar surface area (TPSA) is 63.4 Å². The van der Waals surface area contributed by atoms with Crippen molar-refractivity contribution in [3.05, 3.63) is 28.2 Å². The van der Waals surface area contributed by atoms with Crippen molar-refractivity contribution in [2.24, 2.45) is 5.73 Å². The Hall–Kier alpha value is -0.400. The second-order valence-electron chi connectivity index (χ2n) is 3.88. The van der Waals surface area contributed by atoms with Crippen LogP contribution in [-0.2, 0) is 10.0 Å². The van der Waals surface area contributed by atoms with Gasteiger partial charge in [-0.05, 0) is 24.6 Å². The van der Waals surface area contributed by atoms with Crippen LogP contribution in [0.1, 0.15) is 13.3 Å². The molecule has 0 saturated carbocycles. The maximum atomic E-state index is 12.4. The molecule has 0 unspecified atom stereocenters. The smallest absolute Gasteiger partial charge is 0.243 e. The third-order valence-electron chi connectivity index (χ3n) is 2.33. The number of nitrogens with zero attached hydrogens (tertiary/aromatic N) is 1. The number of nitrogens with two attached hydrogens (primary N) is 1. The number of benzene rings is 1. The molecule has 0 atom stereocenters. The molecular formula is C11H14Cl2N2O2S2. The molecule has 0 aliphatic rings. The van der Waals surface area contributed by atoms with Crippen LogP contribution in [0.3, 0.4) is 0 Å². The molecule has 0 saturated heterocycles. The lowest BCUT2D eigenvalue weighted by atomic mass is 10.4. The Morgan fingerprint density at radius 3 is 2.47 bits per heavy atom. The van der Waals surface area contributed by atoms with Crippen molar-refractivity contribution in [3.8, 4) is 0 Å². The minimum Gasteiger partial charge on any atom is -0.392 e. The third kappa shape index (κ3) is 4.29. The predicted molar refractivity (Wildman–Crippen MR) is 82.3 cm³/mol. The molecule has 8 heteroatoms. The zero-order valence-corrected chi connectivity index (χ0v) is 13.4. The van der Waals surface area contributed by atoms with E-state index in [2.05, 4.69) is 0 Å². The van der Waals surface area contributed by atoms with E-state index in [1.807, 2.05) is 6.92 Å². The minimum atomic E-state index is -3.67. The zero-order chi connectivity index (χ0) is 14.6. The molecule has 4 nitrogen and oxygen atoms in total. The molecule has 106 valence electrons. The van der Waals surface area contributed by atoms with Gasteiger partial charge in [0.05, 0.1) is 26.5 Å². The van der Waals surface area contributed by atoms with Gasteiger partial charge in [-0.2, -0.15) is 4.31 Å². The Balaban J connectivity index is 3.18. The van der Waals surface area contributed by atoms with Gasteiger partial charge < -0.3 is 5.73 Å². The summed E-state index contributed by atoms with van der Waals surface area (Å²) in [4.78, 5) is 0.198. The van der Waals surface area contributed by atoms with Gasteiger partial charge in [-0.25, -0.2) is 8.42 Å². The molecule has 0 bridgehead atoms. The summed E-state index contributed by atoms with van der Waals surface area (Å²) in [5.41, 5.74) is 5.43. The molecule has 19 heavy (non-hydrogen) atoms. The number of thiocarbonyl (C=S) groups is 1. The molecule has 0 radical (unpaired) electrons. The maximum Gasteiger partial charge on any atom is 0.243 e. The molecule has 1 aromatic rings. The monoisotopic (exact) mass is 340 g/mol. The lowest BCUT2D eigenvalue weighted by Gasteiger charge is -2.21. The molecular weight excluding hydrogens is 327 g/mol. The standard InChI is InChI=1S/C11H14Cl2N2O2S2/c1-2-5-15(7-11(14)18)19(16,17)8-3-4-9(12)10(13)6-8/h3-4,6H,2,5,7H2,1H3,(H2,14,18). The van der Waals surface area contributed by atoms with E-state index in [0.717, 1.165) is 0 Å². The summed E-state index contributed by atoms with van der Waals surface area (Å²) in [6.07, 6.45) is 0.656. The van der Waals surface area contributed by atoms with Crippen molar-refractivity contribution in [2.45, 2.75) is 18.2 Å². The van der Waals surface area contributed by atoms with Gasteiger partial charge in [0.2, 0.25) is 10.0 Å². The molecule has 0 amide bonds. The summed E-state index contributed by atoms with van der Waals surface area (Å²) >= 11 is 16.4. The van der Waals surface area contributed by atoms with Gasteiger partial charge in [-0.3, -0.25) is 0 Å². The van der Waals surface area contributed by atoms with Gasteiger partial charge in [0, 0.05) is 6.54 Å². The summed E-state index contributed by atoms with van der Waals surface area (Å²) in [5, 5.41) is 0.492. The Bertz CT molecular complexity index is 576. The van der Waals surface area contributed by atoms with Crippen LogP contribution in [0.5, 0.6) is 0 Å². The number of sulfonamides is 1. The van der Waals surface area contributed by atoms with E-state index in [1.165, 1.54) is 22.5 Å². The van der Waals surface area contributed by atoms with Crippen LogP contribution in [0.25, 0.3) is 0 Å². The summed E-state index contributed by atoms with van der Waals surface area (Å²) in [7, 11) is -3.67. The van der Waals surface area contributed by atoms with Gasteiger partial charge in [-0.15, -0.1) is 0 Å². The van der Waals surface area contributed by atoms with Crippen molar-refractivity contribution in [2.75, 3.05) is 13.1 Å². The maximum absolute atomic E-state index is 12.4. The fraction of sp³-hybridized carbons (Fsp3) is 0.364. The quantitative estimate of drug-likeness (QED) is 0.808. The number of hydrogen-bond donors (Lipinski definition) is 1. The highest BCUT2D eigenvalue weighted by Gasteiger charge is 2.24. The van der Waals surface area contributed by atoms with Crippen LogP contribution in [0.4, 0.5) is 0 Å². The van der Waals surface area contributed by atoms with E-state index in [9.17, 15) is 8.42 Å². The average molecular weight is 341 g/mol. The predicted octanol–water partition coefficient (Wildman–Crippen LogP) is 2.68. The lowest BCUT2D eigenvalue weighted by molar-refractivity contribution is 0.449. The highest BCUT2D eigenvalue weighted by molar-refractivity contribution is 7.89. The molecule has 0 aromatic heterocycles. The Morgan fingerprint density at radius 1 is 1.37 bits per heavy atom. The first-order valence-electron chi connectivity index (χ1n) is 5.52. The molecule has 0 aliphatic carbocycles. The Morgan fingerprint density at radius 2 is 2.00 bits per heavy atom. The second-order valence-corrected chi connectivity index (χ2v) is 7.16. The molecule has 0 spiro atoms. The van der Waals surface area contributed by atoms with Crippen molar-refractivity contribution < 1.29 is 8.42 Å². The minimum absolute atomic E-state index is 0.00571. The Labute approximate surface area is 128 Å². The summed E-state index contributed by atoms with van der Waals surface area (Å²) in [6, 6.07) is 4.18. The SMILES string of the molecule is CCCN(CC(N)=S)S(=O)(=O)c1ccc(Cl)c(Cl)c1. The van der Waals surface area contributed by atoms with E-state index >= 15 is 0 Å². The normalized spacial score (nSPS) is 11.8. The summed E-state index contributed by atoms with van der Waals surface area (Å²) in [6.45, 7) is 2.21. The van der Waals surface area contributed by atoms with Gasteiger partial charge in [0.25, 0.3) is 0 Å². The van der Waals surface area contributed by atoms with Crippen molar-refractivity contribution >= 4 is 50.4 Å². The second kappa shape index (κ2) is 6.85. The molecule has 0 fully saturated rings. The molecule has 1 aromatic carbocycles. The molecule has 0 aliphatic heterocycles. The number of rotatable bonds is 6. The van der Waals surface area contributed by atoms with E-state index < -0.39 is 10.0 Å². The highest BCUT2D eigenvalue weighted by atomic mass is 35.5. The first-order chi connectivity index (χ1) is 8.78. The molecule has 1 rings (SSSR count). The third-order valence-corrected chi connectivity index (χ3v) is 5.04. The van der Waals surface area contributed by atoms with Crippen LogP contribution < -0.4 is 5.73 Å². The van der Waals surface area contributed by atoms with E-state index in [0.29, 0.717) is 18.0 Å². The van der Waals surface area contributed by atoms with Gasteiger partial charge in [-0.1, -0.05) is 42.3 Å². The van der Waals surface area contributed by atoms with Crippen LogP contribution in [0.15, 0.2) is 23.1 Å². The molecule has 2 N–H and O–H groups in total. The number of hydrogen-bond acceptors (Lipinski definition) is 3. The van der Waals surface area contributed by atoms with Crippen LogP contribution >= 0.6 is 35.4 Å². The average Bonchev–Trinajstić information content (AvgIpc) is 2.31. The van der Waals surface area contributed by atoms with E-state index in [4.69, 9.17) is 41.2 Å². The lowest BCUT2D eigenvalue weighted by Crippen LogP contribution is -2.38. The van der Waals surface area contributed by atoms with E-state index in [1.54, 1.807) is 0 Å². The fourth-order valence-corrected chi connectivity index (χ4v) is 3.63. The largest absolute Gasteiger partial charge is 0.392 e. The van der Waals surface area contributed by atoms with E-state index in [-0.39, 0.29) is 21.5 Å². The Kier molecular flexibility index (Phi) is 6.01.